The number of ether oxygens (including phenoxy) is 1. The Morgan fingerprint density at radius 1 is 0.970 bits per heavy atom. The molecular weight excluding hydrogens is 412 g/mol. The lowest BCUT2D eigenvalue weighted by atomic mass is 9.90. The second kappa shape index (κ2) is 11.0. The van der Waals surface area contributed by atoms with Gasteiger partial charge in [0.2, 0.25) is 0 Å². The molecule has 1 unspecified atom stereocenters. The molecule has 1 heterocycles. The van der Waals surface area contributed by atoms with Gasteiger partial charge in [-0.25, -0.2) is 0 Å². The fourth-order valence-electron chi connectivity index (χ4n) is 4.85. The third kappa shape index (κ3) is 5.49. The molecule has 1 fully saturated rings. The van der Waals surface area contributed by atoms with Crippen LogP contribution in [0.5, 0.6) is 11.5 Å². The minimum Gasteiger partial charge on any atom is -0.508 e. The van der Waals surface area contributed by atoms with Crippen LogP contribution >= 0.6 is 0 Å². The number of hydrogen-bond acceptors (Lipinski definition) is 5. The quantitative estimate of drug-likeness (QED) is 0.492. The molecule has 0 amide bonds. The minimum atomic E-state index is -0.246. The monoisotopic (exact) mass is 448 g/mol. The van der Waals surface area contributed by atoms with Gasteiger partial charge in [0.25, 0.3) is 0 Å². The number of phenols is 1. The van der Waals surface area contributed by atoms with E-state index in [1.807, 2.05) is 30.3 Å². The molecule has 33 heavy (non-hydrogen) atoms. The van der Waals surface area contributed by atoms with Crippen LogP contribution < -0.4 is 4.74 Å². The normalized spacial score (nSPS) is 16.4. The highest BCUT2D eigenvalue weighted by molar-refractivity contribution is 5.88. The van der Waals surface area contributed by atoms with Crippen LogP contribution in [0.2, 0.25) is 0 Å². The molecule has 0 saturated carbocycles. The number of fused-ring (bicyclic) bond motifs is 1. The number of phenolic OH excluding ortho intramolecular Hbond substituents is 1. The summed E-state index contributed by atoms with van der Waals surface area (Å²) in [6.45, 7) is 9.55. The van der Waals surface area contributed by atoms with Crippen molar-refractivity contribution in [3.05, 3.63) is 71.8 Å². The van der Waals surface area contributed by atoms with Gasteiger partial charge in [-0.3, -0.25) is 4.90 Å². The summed E-state index contributed by atoms with van der Waals surface area (Å²) in [5.41, 5.74) is 2.05. The zero-order valence-corrected chi connectivity index (χ0v) is 19.8. The van der Waals surface area contributed by atoms with Crippen molar-refractivity contribution in [2.24, 2.45) is 0 Å². The third-order valence-corrected chi connectivity index (χ3v) is 6.85. The second-order valence-corrected chi connectivity index (χ2v) is 8.83. The van der Waals surface area contributed by atoms with E-state index in [2.05, 4.69) is 47.9 Å². The first kappa shape index (κ1) is 23.6. The van der Waals surface area contributed by atoms with Crippen molar-refractivity contribution in [2.45, 2.75) is 38.8 Å². The molecule has 0 aliphatic carbocycles. The highest BCUT2D eigenvalue weighted by atomic mass is 16.5. The fraction of sp³-hybridized carbons (Fsp3) is 0.429. The van der Waals surface area contributed by atoms with Gasteiger partial charge in [0, 0.05) is 25.2 Å². The molecule has 5 heteroatoms. The number of aromatic hydroxyl groups is 1. The van der Waals surface area contributed by atoms with Crippen LogP contribution in [0.4, 0.5) is 0 Å². The average Bonchev–Trinajstić information content (AvgIpc) is 2.85. The second-order valence-electron chi connectivity index (χ2n) is 8.83. The molecule has 0 radical (unpaired) electrons. The topological polar surface area (TPSA) is 56.2 Å². The molecule has 0 bridgehead atoms. The van der Waals surface area contributed by atoms with Crippen LogP contribution in [0.15, 0.2) is 60.7 Å². The van der Waals surface area contributed by atoms with Crippen LogP contribution in [0.25, 0.3) is 10.8 Å². The van der Waals surface area contributed by atoms with E-state index in [-0.39, 0.29) is 12.1 Å². The summed E-state index contributed by atoms with van der Waals surface area (Å²) >= 11 is 0. The number of benzene rings is 3. The van der Waals surface area contributed by atoms with E-state index >= 15 is 0 Å². The van der Waals surface area contributed by atoms with Crippen LogP contribution in [0.1, 0.15) is 43.9 Å². The lowest BCUT2D eigenvalue weighted by Gasteiger charge is -2.37. The van der Waals surface area contributed by atoms with Crippen molar-refractivity contribution < 1.29 is 14.9 Å². The van der Waals surface area contributed by atoms with Crippen molar-refractivity contribution in [3.8, 4) is 11.5 Å². The van der Waals surface area contributed by atoms with Crippen molar-refractivity contribution in [3.63, 3.8) is 0 Å². The van der Waals surface area contributed by atoms with Gasteiger partial charge in [-0.05, 0) is 60.5 Å². The molecule has 3 aromatic carbocycles. The Kier molecular flexibility index (Phi) is 7.86. The average molecular weight is 449 g/mol. The molecule has 1 saturated heterocycles. The first-order chi connectivity index (χ1) is 16.1. The van der Waals surface area contributed by atoms with Gasteiger partial charge in [0.15, 0.2) is 0 Å². The predicted molar refractivity (Wildman–Crippen MR) is 134 cm³/mol. The van der Waals surface area contributed by atoms with E-state index in [1.54, 1.807) is 6.07 Å². The number of piperidine rings is 1. The maximum atomic E-state index is 11.0. The van der Waals surface area contributed by atoms with Gasteiger partial charge in [-0.2, -0.15) is 0 Å². The Morgan fingerprint density at radius 2 is 1.67 bits per heavy atom. The molecule has 5 nitrogen and oxygen atoms in total. The first-order valence-electron chi connectivity index (χ1n) is 12.2. The lowest BCUT2D eigenvalue weighted by molar-refractivity contribution is 0.0686. The SMILES string of the molecule is CCN(CC)CCOc1ccc(C(c2c(O)ccc3ccccc23)N2CCC(O)CC2)cc1. The standard InChI is InChI=1S/C28H36N2O3/c1-3-29(4-2)19-20-33-24-12-9-22(10-13-24)28(30-17-15-23(31)16-18-30)27-25-8-6-5-7-21(25)11-14-26(27)32/h5-14,23,28,31-32H,3-4,15-20H2,1-2H3. The molecule has 0 spiro atoms. The van der Waals surface area contributed by atoms with Gasteiger partial charge in [0.05, 0.1) is 12.1 Å². The molecular formula is C28H36N2O3. The van der Waals surface area contributed by atoms with E-state index < -0.39 is 0 Å². The van der Waals surface area contributed by atoms with Crippen LogP contribution in [-0.4, -0.2) is 65.4 Å². The summed E-state index contributed by atoms with van der Waals surface area (Å²) in [5.74, 6) is 1.17. The fourth-order valence-corrected chi connectivity index (χ4v) is 4.85. The van der Waals surface area contributed by atoms with E-state index in [4.69, 9.17) is 4.74 Å². The summed E-state index contributed by atoms with van der Waals surface area (Å²) in [6, 6.07) is 20.2. The molecule has 1 aliphatic rings. The van der Waals surface area contributed by atoms with E-state index in [0.29, 0.717) is 12.4 Å². The summed E-state index contributed by atoms with van der Waals surface area (Å²) in [5, 5.41) is 23.2. The highest BCUT2D eigenvalue weighted by Crippen LogP contribution is 2.40. The zero-order valence-electron chi connectivity index (χ0n) is 19.8. The molecule has 1 atom stereocenters. The van der Waals surface area contributed by atoms with Gasteiger partial charge in [0.1, 0.15) is 18.1 Å². The first-order valence-corrected chi connectivity index (χ1v) is 12.2. The summed E-state index contributed by atoms with van der Waals surface area (Å²) in [6.07, 6.45) is 1.24. The molecule has 2 N–H and O–H groups in total. The van der Waals surface area contributed by atoms with E-state index in [0.717, 1.165) is 73.2 Å². The molecule has 1 aliphatic heterocycles. The van der Waals surface area contributed by atoms with Gasteiger partial charge >= 0.3 is 0 Å². The number of aliphatic hydroxyl groups excluding tert-OH is 1. The van der Waals surface area contributed by atoms with Crippen LogP contribution in [-0.2, 0) is 0 Å². The molecule has 4 rings (SSSR count). The Labute approximate surface area is 197 Å². The molecule has 3 aromatic rings. The van der Waals surface area contributed by atoms with Crippen molar-refractivity contribution in [1.82, 2.24) is 9.80 Å². The van der Waals surface area contributed by atoms with Gasteiger partial charge < -0.3 is 19.8 Å². The number of nitrogens with zero attached hydrogens (tertiary/aromatic N) is 2. The van der Waals surface area contributed by atoms with Crippen LogP contribution in [0.3, 0.4) is 0 Å². The number of hydrogen-bond donors (Lipinski definition) is 2. The Hall–Kier alpha value is -2.60. The van der Waals surface area contributed by atoms with Crippen molar-refractivity contribution in [1.29, 1.82) is 0 Å². The number of rotatable bonds is 9. The number of likely N-dealkylation sites (tertiary alicyclic amines) is 1. The minimum absolute atomic E-state index is 0.0895. The maximum Gasteiger partial charge on any atom is 0.121 e. The van der Waals surface area contributed by atoms with Gasteiger partial charge in [-0.15, -0.1) is 0 Å². The Bertz CT molecular complexity index is 1020. The van der Waals surface area contributed by atoms with Gasteiger partial charge in [-0.1, -0.05) is 56.3 Å². The van der Waals surface area contributed by atoms with E-state index in [1.165, 1.54) is 0 Å². The molecule has 176 valence electrons. The predicted octanol–water partition coefficient (Wildman–Crippen LogP) is 4.81. The summed E-state index contributed by atoms with van der Waals surface area (Å²) in [7, 11) is 0. The lowest BCUT2D eigenvalue weighted by Crippen LogP contribution is -2.39. The highest BCUT2D eigenvalue weighted by Gasteiger charge is 2.29. The largest absolute Gasteiger partial charge is 0.508 e. The maximum absolute atomic E-state index is 11.0. The Balaban J connectivity index is 1.64. The van der Waals surface area contributed by atoms with Crippen molar-refractivity contribution >= 4 is 10.8 Å². The smallest absolute Gasteiger partial charge is 0.121 e. The third-order valence-electron chi connectivity index (χ3n) is 6.85. The molecule has 0 aromatic heterocycles. The van der Waals surface area contributed by atoms with Crippen LogP contribution in [0, 0.1) is 0 Å². The Morgan fingerprint density at radius 3 is 2.36 bits per heavy atom. The number of aliphatic hydroxyl groups is 1. The summed E-state index contributed by atoms with van der Waals surface area (Å²) < 4.78 is 6.00. The summed E-state index contributed by atoms with van der Waals surface area (Å²) in [4.78, 5) is 4.73. The zero-order chi connectivity index (χ0) is 23.2. The number of likely N-dealkylation sites (N-methyl/N-ethyl adjacent to an activating group) is 1. The van der Waals surface area contributed by atoms with Crippen molar-refractivity contribution in [2.75, 3.05) is 39.3 Å². The van der Waals surface area contributed by atoms with E-state index in [9.17, 15) is 10.2 Å².